The molecule has 1 aliphatic heterocycles. The Morgan fingerprint density at radius 1 is 0.871 bits per heavy atom. The molecule has 0 aliphatic carbocycles. The van der Waals surface area contributed by atoms with Crippen LogP contribution in [0.1, 0.15) is 110 Å². The van der Waals surface area contributed by atoms with E-state index in [4.69, 9.17) is 5.73 Å². The van der Waals surface area contributed by atoms with Crippen LogP contribution in [0.5, 0.6) is 0 Å². The van der Waals surface area contributed by atoms with Gasteiger partial charge >= 0.3 is 11.9 Å². The highest BCUT2D eigenvalue weighted by molar-refractivity contribution is 5.90. The lowest BCUT2D eigenvalue weighted by Crippen LogP contribution is -2.59. The first-order valence-corrected chi connectivity index (χ1v) is 12.4. The smallest absolute Gasteiger partial charge is 0.353 e. The zero-order valence-electron chi connectivity index (χ0n) is 19.5. The van der Waals surface area contributed by atoms with Crippen molar-refractivity contribution in [2.24, 2.45) is 5.73 Å². The fourth-order valence-electron chi connectivity index (χ4n) is 4.34. The second-order valence-electron chi connectivity index (χ2n) is 8.82. The van der Waals surface area contributed by atoms with Crippen LogP contribution in [0.15, 0.2) is 11.9 Å². The van der Waals surface area contributed by atoms with Gasteiger partial charge in [-0.15, -0.1) is 0 Å². The molecule has 0 aromatic carbocycles. The summed E-state index contributed by atoms with van der Waals surface area (Å²) in [5.74, 6) is -2.21. The molecule has 7 heteroatoms. The number of rotatable bonds is 20. The van der Waals surface area contributed by atoms with E-state index in [0.29, 0.717) is 13.0 Å². The van der Waals surface area contributed by atoms with Gasteiger partial charge in [0.25, 0.3) is 0 Å². The Morgan fingerprint density at radius 3 is 1.71 bits per heavy atom. The molecule has 0 amide bonds. The Hall–Kier alpha value is -1.76. The lowest BCUT2D eigenvalue weighted by atomic mass is 9.99. The maximum atomic E-state index is 12.0. The molecule has 1 aliphatic rings. The normalized spacial score (nSPS) is 18.1. The van der Waals surface area contributed by atoms with Gasteiger partial charge in [-0.3, -0.25) is 0 Å². The third-order valence-electron chi connectivity index (χ3n) is 6.21. The van der Waals surface area contributed by atoms with Crippen molar-refractivity contribution >= 4 is 11.9 Å². The second-order valence-corrected chi connectivity index (χ2v) is 8.82. The van der Waals surface area contributed by atoms with Crippen molar-refractivity contribution in [3.63, 3.8) is 0 Å². The molecule has 0 radical (unpaired) electrons. The molecule has 0 fully saturated rings. The SMILES string of the molecule is CCCCCCCCCCCCCCCCCC1(C(=O)O)NC(C(=O)O)=CN1CCN. The summed E-state index contributed by atoms with van der Waals surface area (Å²) in [6, 6.07) is 0. The number of nitrogens with zero attached hydrogens (tertiary/aromatic N) is 1. The van der Waals surface area contributed by atoms with Crippen LogP contribution in [0.25, 0.3) is 0 Å². The van der Waals surface area contributed by atoms with Crippen LogP contribution in [-0.2, 0) is 9.59 Å². The molecule has 1 unspecified atom stereocenters. The number of unbranched alkanes of at least 4 members (excludes halogenated alkanes) is 14. The fourth-order valence-corrected chi connectivity index (χ4v) is 4.34. The number of hydrogen-bond donors (Lipinski definition) is 4. The van der Waals surface area contributed by atoms with Gasteiger partial charge in [0, 0.05) is 25.7 Å². The van der Waals surface area contributed by atoms with Crippen LogP contribution in [-0.4, -0.2) is 45.8 Å². The zero-order valence-corrected chi connectivity index (χ0v) is 19.5. The summed E-state index contributed by atoms with van der Waals surface area (Å²) in [6.45, 7) is 2.82. The van der Waals surface area contributed by atoms with Crippen molar-refractivity contribution in [3.05, 3.63) is 11.9 Å². The first kappa shape index (κ1) is 27.3. The van der Waals surface area contributed by atoms with Crippen molar-refractivity contribution in [3.8, 4) is 0 Å². The number of nitrogens with two attached hydrogens (primary N) is 1. The van der Waals surface area contributed by atoms with E-state index < -0.39 is 17.6 Å². The third-order valence-corrected chi connectivity index (χ3v) is 6.21. The van der Waals surface area contributed by atoms with E-state index in [-0.39, 0.29) is 12.2 Å². The molecule has 0 aromatic rings. The minimum absolute atomic E-state index is 0.0863. The maximum Gasteiger partial charge on any atom is 0.353 e. The van der Waals surface area contributed by atoms with E-state index in [9.17, 15) is 19.8 Å². The van der Waals surface area contributed by atoms with Crippen LogP contribution < -0.4 is 11.1 Å². The maximum absolute atomic E-state index is 12.0. The first-order chi connectivity index (χ1) is 15.0. The fraction of sp³-hybridized carbons (Fsp3) is 0.833. The van der Waals surface area contributed by atoms with Crippen LogP contribution in [0.3, 0.4) is 0 Å². The average Bonchev–Trinajstić information content (AvgIpc) is 3.11. The number of carbonyl (C=O) groups is 2. The van der Waals surface area contributed by atoms with Crippen molar-refractivity contribution in [2.75, 3.05) is 13.1 Å². The molecule has 1 heterocycles. The lowest BCUT2D eigenvalue weighted by molar-refractivity contribution is -0.151. The summed E-state index contributed by atoms with van der Waals surface area (Å²) in [4.78, 5) is 24.8. The summed E-state index contributed by atoms with van der Waals surface area (Å²) < 4.78 is 0. The van der Waals surface area contributed by atoms with E-state index in [0.717, 1.165) is 19.3 Å². The van der Waals surface area contributed by atoms with Gasteiger partial charge in [-0.1, -0.05) is 96.8 Å². The predicted molar refractivity (Wildman–Crippen MR) is 125 cm³/mol. The van der Waals surface area contributed by atoms with Crippen LogP contribution in [0.4, 0.5) is 0 Å². The number of carboxylic acid groups (broad SMARTS) is 2. The van der Waals surface area contributed by atoms with E-state index >= 15 is 0 Å². The Morgan fingerprint density at radius 2 is 1.32 bits per heavy atom. The molecule has 180 valence electrons. The van der Waals surface area contributed by atoms with Crippen molar-refractivity contribution in [2.45, 2.75) is 115 Å². The summed E-state index contributed by atoms with van der Waals surface area (Å²) >= 11 is 0. The molecule has 0 saturated heterocycles. The highest BCUT2D eigenvalue weighted by Gasteiger charge is 2.48. The second kappa shape index (κ2) is 16.0. The minimum atomic E-state index is -1.40. The van der Waals surface area contributed by atoms with Gasteiger partial charge in [0.2, 0.25) is 5.66 Å². The Balaban J connectivity index is 2.14. The quantitative estimate of drug-likeness (QED) is 0.201. The van der Waals surface area contributed by atoms with Crippen LogP contribution in [0.2, 0.25) is 0 Å². The highest BCUT2D eigenvalue weighted by atomic mass is 16.4. The molecule has 1 atom stereocenters. The topological polar surface area (TPSA) is 116 Å². The molecule has 7 nitrogen and oxygen atoms in total. The summed E-state index contributed by atoms with van der Waals surface area (Å²) in [5.41, 5.74) is 4.11. The molecule has 0 aromatic heterocycles. The Kier molecular flexibility index (Phi) is 14.0. The van der Waals surface area contributed by atoms with Gasteiger partial charge in [-0.25, -0.2) is 9.59 Å². The van der Waals surface area contributed by atoms with Crippen molar-refractivity contribution in [1.29, 1.82) is 0 Å². The summed E-state index contributed by atoms with van der Waals surface area (Å²) in [5, 5.41) is 21.8. The molecule has 0 bridgehead atoms. The number of hydrogen-bond acceptors (Lipinski definition) is 5. The van der Waals surface area contributed by atoms with Gasteiger partial charge in [0.1, 0.15) is 5.70 Å². The van der Waals surface area contributed by atoms with Crippen LogP contribution in [0, 0.1) is 0 Å². The van der Waals surface area contributed by atoms with E-state index in [1.807, 2.05) is 0 Å². The molecular weight excluding hydrogens is 394 g/mol. The van der Waals surface area contributed by atoms with Gasteiger partial charge < -0.3 is 26.2 Å². The molecule has 1 rings (SSSR count). The van der Waals surface area contributed by atoms with Gasteiger partial charge in [-0.05, 0) is 6.42 Å². The molecule has 31 heavy (non-hydrogen) atoms. The van der Waals surface area contributed by atoms with Gasteiger partial charge in [0.15, 0.2) is 0 Å². The Bertz CT molecular complexity index is 553. The zero-order chi connectivity index (χ0) is 23.0. The first-order valence-electron chi connectivity index (χ1n) is 12.4. The molecular formula is C24H45N3O4. The van der Waals surface area contributed by atoms with Gasteiger partial charge in [-0.2, -0.15) is 0 Å². The van der Waals surface area contributed by atoms with E-state index in [2.05, 4.69) is 12.2 Å². The standard InChI is InChI=1S/C24H45N3O4/c1-2-3-4-5-6-7-8-9-10-11-12-13-14-15-16-17-24(23(30)31)26-21(22(28)29)20-27(24)19-18-25/h20,26H,2-19,25H2,1H3,(H,28,29)(H,30,31). The van der Waals surface area contributed by atoms with E-state index in [1.54, 1.807) is 0 Å². The predicted octanol–water partition coefficient (Wildman–Crippen LogP) is 4.82. The molecule has 0 saturated carbocycles. The third kappa shape index (κ3) is 9.93. The number of aliphatic carboxylic acids is 2. The number of nitrogens with one attached hydrogen (secondary N) is 1. The number of carboxylic acids is 2. The summed E-state index contributed by atoms with van der Waals surface area (Å²) in [6.07, 6.45) is 20.5. The summed E-state index contributed by atoms with van der Waals surface area (Å²) in [7, 11) is 0. The van der Waals surface area contributed by atoms with Gasteiger partial charge in [0.05, 0.1) is 0 Å². The largest absolute Gasteiger partial charge is 0.478 e. The lowest BCUT2D eigenvalue weighted by Gasteiger charge is -2.35. The van der Waals surface area contributed by atoms with Crippen molar-refractivity contribution < 1.29 is 19.8 Å². The monoisotopic (exact) mass is 439 g/mol. The van der Waals surface area contributed by atoms with Crippen molar-refractivity contribution in [1.82, 2.24) is 10.2 Å². The average molecular weight is 440 g/mol. The van der Waals surface area contributed by atoms with E-state index in [1.165, 1.54) is 88.1 Å². The Labute approximate surface area is 188 Å². The van der Waals surface area contributed by atoms with Crippen LogP contribution >= 0.6 is 0 Å². The highest BCUT2D eigenvalue weighted by Crippen LogP contribution is 2.28. The minimum Gasteiger partial charge on any atom is -0.478 e. The molecule has 0 spiro atoms. The molecule has 5 N–H and O–H groups in total.